The number of carbonyl (C=O) groups excluding carboxylic acids is 2. The van der Waals surface area contributed by atoms with Crippen LogP contribution in [0.25, 0.3) is 0 Å². The summed E-state index contributed by atoms with van der Waals surface area (Å²) in [6.45, 7) is 2.94. The summed E-state index contributed by atoms with van der Waals surface area (Å²) in [5.74, 6) is 0.636. The first-order valence-electron chi connectivity index (χ1n) is 9.18. The molecule has 6 nitrogen and oxygen atoms in total. The number of nitro benzene ring substituents is 1. The number of hydrogen-bond acceptors (Lipinski definition) is 5. The van der Waals surface area contributed by atoms with Gasteiger partial charge in [-0.3, -0.25) is 19.7 Å². The summed E-state index contributed by atoms with van der Waals surface area (Å²) in [4.78, 5) is 36.8. The Kier molecular flexibility index (Phi) is 4.65. The molecule has 2 aromatic rings. The number of nitrogens with zero attached hydrogens (tertiary/aromatic N) is 2. The number of Topliss-reactive ketones (excluding diaryl/α,β-unsaturated/α-hetero) is 2. The maximum Gasteiger partial charge on any atom is 0.269 e. The van der Waals surface area contributed by atoms with Crippen LogP contribution in [0.3, 0.4) is 0 Å². The first-order valence-corrected chi connectivity index (χ1v) is 10.1. The van der Waals surface area contributed by atoms with Crippen molar-refractivity contribution in [2.45, 2.75) is 12.8 Å². The number of nitro groups is 1. The zero-order valence-corrected chi connectivity index (χ0v) is 15.7. The van der Waals surface area contributed by atoms with Crippen LogP contribution >= 0.6 is 11.3 Å². The van der Waals surface area contributed by atoms with Gasteiger partial charge in [-0.25, -0.2) is 0 Å². The van der Waals surface area contributed by atoms with Gasteiger partial charge in [-0.2, -0.15) is 0 Å². The predicted molar refractivity (Wildman–Crippen MR) is 102 cm³/mol. The van der Waals surface area contributed by atoms with Crippen LogP contribution in [0, 0.1) is 22.0 Å². The van der Waals surface area contributed by atoms with Crippen molar-refractivity contribution in [2.75, 3.05) is 26.2 Å². The van der Waals surface area contributed by atoms with Gasteiger partial charge in [-0.1, -0.05) is 6.07 Å². The Balaban J connectivity index is 1.50. The molecule has 4 heterocycles. The van der Waals surface area contributed by atoms with Crippen LogP contribution in [0.2, 0.25) is 0 Å². The molecule has 0 amide bonds. The average Bonchev–Trinajstić information content (AvgIpc) is 3.22. The van der Waals surface area contributed by atoms with Gasteiger partial charge in [0.15, 0.2) is 5.78 Å². The molecule has 0 spiro atoms. The molecule has 27 heavy (non-hydrogen) atoms. The molecule has 1 aromatic heterocycles. The highest BCUT2D eigenvalue weighted by atomic mass is 32.1. The molecule has 1 aromatic carbocycles. The molecule has 140 valence electrons. The molecule has 0 N–H and O–H groups in total. The van der Waals surface area contributed by atoms with Gasteiger partial charge in [0.25, 0.3) is 5.69 Å². The summed E-state index contributed by atoms with van der Waals surface area (Å²) in [5, 5.41) is 12.7. The second-order valence-electron chi connectivity index (χ2n) is 7.64. The molecule has 3 saturated heterocycles. The van der Waals surface area contributed by atoms with E-state index in [4.69, 9.17) is 0 Å². The number of rotatable bonds is 6. The lowest BCUT2D eigenvalue weighted by molar-refractivity contribution is -0.937. The predicted octanol–water partition coefficient (Wildman–Crippen LogP) is 3.58. The number of hydrogen-bond donors (Lipinski definition) is 0. The lowest BCUT2D eigenvalue weighted by atomic mass is 9.74. The third-order valence-electron chi connectivity index (χ3n) is 6.08. The van der Waals surface area contributed by atoms with Gasteiger partial charge < -0.3 is 4.48 Å². The molecule has 0 radical (unpaired) electrons. The van der Waals surface area contributed by atoms with Gasteiger partial charge in [0.1, 0.15) is 6.54 Å². The molecule has 0 aliphatic carbocycles. The van der Waals surface area contributed by atoms with Gasteiger partial charge in [0.05, 0.1) is 35.4 Å². The topological polar surface area (TPSA) is 77.3 Å². The molecule has 3 fully saturated rings. The first-order chi connectivity index (χ1) is 13.0. The maximum absolute atomic E-state index is 12.9. The number of thiophene rings is 1. The molecule has 7 heteroatoms. The summed E-state index contributed by atoms with van der Waals surface area (Å²) in [6, 6.07) is 9.60. The van der Waals surface area contributed by atoms with E-state index in [1.807, 2.05) is 17.5 Å². The van der Waals surface area contributed by atoms with Crippen molar-refractivity contribution in [1.82, 2.24) is 0 Å². The number of ketones is 2. The lowest BCUT2D eigenvalue weighted by Crippen LogP contribution is -2.64. The van der Waals surface area contributed by atoms with E-state index in [1.54, 1.807) is 0 Å². The van der Waals surface area contributed by atoms with Gasteiger partial charge >= 0.3 is 0 Å². The number of fused-ring (bicyclic) bond motifs is 3. The summed E-state index contributed by atoms with van der Waals surface area (Å²) in [5.41, 5.74) is 0.487. The van der Waals surface area contributed by atoms with Crippen molar-refractivity contribution in [1.29, 1.82) is 0 Å². The van der Waals surface area contributed by atoms with Crippen molar-refractivity contribution >= 4 is 28.6 Å². The van der Waals surface area contributed by atoms with E-state index in [0.717, 1.165) is 37.4 Å². The summed E-state index contributed by atoms with van der Waals surface area (Å²) in [7, 11) is 0. The fraction of sp³-hybridized carbons (Fsp3) is 0.400. The second kappa shape index (κ2) is 6.98. The van der Waals surface area contributed by atoms with Crippen molar-refractivity contribution in [2.24, 2.45) is 11.8 Å². The van der Waals surface area contributed by atoms with E-state index in [0.29, 0.717) is 22.5 Å². The molecular weight excluding hydrogens is 364 g/mol. The standard InChI is InChI=1S/C20H21N2O4S/c23-18(15-3-5-16(6-4-15)21(25)26)13-22-9-7-14(8-10-22)17(12-22)20(24)19-2-1-11-27-19/h1-6,11,14,17H,7-10,12-13H2/q+1. The number of piperidine rings is 3. The quantitative estimate of drug-likeness (QED) is 0.330. The minimum atomic E-state index is -0.466. The minimum Gasteiger partial charge on any atom is -0.316 e. The van der Waals surface area contributed by atoms with E-state index in [-0.39, 0.29) is 23.2 Å². The SMILES string of the molecule is O=C(C[N+]12CCC(CC1)C(C(=O)c1cccs1)C2)c1ccc([N+](=O)[O-])cc1. The van der Waals surface area contributed by atoms with Crippen LogP contribution in [0.1, 0.15) is 32.9 Å². The molecule has 3 aliphatic heterocycles. The van der Waals surface area contributed by atoms with Gasteiger partial charge in [-0.05, 0) is 29.5 Å². The smallest absolute Gasteiger partial charge is 0.269 e. The highest BCUT2D eigenvalue weighted by Crippen LogP contribution is 2.40. The normalized spacial score (nSPS) is 26.7. The van der Waals surface area contributed by atoms with Crippen molar-refractivity contribution in [3.05, 3.63) is 62.3 Å². The number of carbonyl (C=O) groups is 2. The van der Waals surface area contributed by atoms with Crippen molar-refractivity contribution in [3.63, 3.8) is 0 Å². The van der Waals surface area contributed by atoms with Crippen molar-refractivity contribution < 1.29 is 19.0 Å². The van der Waals surface area contributed by atoms with Gasteiger partial charge in [0, 0.05) is 30.5 Å². The fourth-order valence-corrected chi connectivity index (χ4v) is 5.30. The third kappa shape index (κ3) is 3.44. The summed E-state index contributed by atoms with van der Waals surface area (Å²) < 4.78 is 0.661. The Hall–Kier alpha value is -2.38. The number of benzene rings is 1. The Bertz CT molecular complexity index is 868. The van der Waals surface area contributed by atoms with Crippen molar-refractivity contribution in [3.8, 4) is 0 Å². The van der Waals surface area contributed by atoms with E-state index in [9.17, 15) is 19.7 Å². The average molecular weight is 385 g/mol. The number of quaternary nitrogens is 1. The molecule has 3 aliphatic rings. The maximum atomic E-state index is 12.9. The Morgan fingerprint density at radius 2 is 1.85 bits per heavy atom. The van der Waals surface area contributed by atoms with Crippen LogP contribution in [0.15, 0.2) is 41.8 Å². The zero-order chi connectivity index (χ0) is 19.0. The lowest BCUT2D eigenvalue weighted by Gasteiger charge is -2.51. The Morgan fingerprint density at radius 3 is 2.44 bits per heavy atom. The van der Waals surface area contributed by atoms with Crippen LogP contribution < -0.4 is 0 Å². The monoisotopic (exact) mass is 385 g/mol. The largest absolute Gasteiger partial charge is 0.316 e. The van der Waals surface area contributed by atoms with Crippen LogP contribution in [0.4, 0.5) is 5.69 Å². The fourth-order valence-electron chi connectivity index (χ4n) is 4.57. The minimum absolute atomic E-state index is 0.00388. The molecule has 5 rings (SSSR count). The van der Waals surface area contributed by atoms with Gasteiger partial charge in [0.2, 0.25) is 5.78 Å². The summed E-state index contributed by atoms with van der Waals surface area (Å²) in [6.07, 6.45) is 1.96. The summed E-state index contributed by atoms with van der Waals surface area (Å²) >= 11 is 1.49. The molecule has 2 bridgehead atoms. The van der Waals surface area contributed by atoms with E-state index in [1.165, 1.54) is 35.6 Å². The zero-order valence-electron chi connectivity index (χ0n) is 14.9. The Morgan fingerprint density at radius 1 is 1.15 bits per heavy atom. The third-order valence-corrected chi connectivity index (χ3v) is 6.97. The highest BCUT2D eigenvalue weighted by Gasteiger charge is 2.49. The van der Waals surface area contributed by atoms with E-state index in [2.05, 4.69) is 0 Å². The first kappa shape index (κ1) is 18.0. The van der Waals surface area contributed by atoms with E-state index < -0.39 is 4.92 Å². The van der Waals surface area contributed by atoms with Crippen LogP contribution in [-0.2, 0) is 0 Å². The molecule has 0 saturated carbocycles. The second-order valence-corrected chi connectivity index (χ2v) is 8.59. The Labute approximate surface area is 161 Å². The highest BCUT2D eigenvalue weighted by molar-refractivity contribution is 7.12. The number of non-ortho nitro benzene ring substituents is 1. The van der Waals surface area contributed by atoms with Crippen LogP contribution in [-0.4, -0.2) is 47.2 Å². The van der Waals surface area contributed by atoms with E-state index >= 15 is 0 Å². The van der Waals surface area contributed by atoms with Gasteiger partial charge in [-0.15, -0.1) is 11.3 Å². The van der Waals surface area contributed by atoms with Crippen LogP contribution in [0.5, 0.6) is 0 Å². The molecular formula is C20H21N2O4S+. The molecule has 1 unspecified atom stereocenters. The molecule has 1 atom stereocenters.